The van der Waals surface area contributed by atoms with Gasteiger partial charge in [0.05, 0.1) is 22.4 Å². The Balaban J connectivity index is 0.000000161. The van der Waals surface area contributed by atoms with Gasteiger partial charge in [0.1, 0.15) is 0 Å². The van der Waals surface area contributed by atoms with Gasteiger partial charge in [-0.1, -0.05) is 42.0 Å². The average Bonchev–Trinajstić information content (AvgIpc) is 3.66. The van der Waals surface area contributed by atoms with Gasteiger partial charge in [0.2, 0.25) is 0 Å². The molecule has 0 amide bonds. The number of thioether (sulfide) groups is 1. The maximum Gasteiger partial charge on any atom is 0.0777 e. The van der Waals surface area contributed by atoms with Gasteiger partial charge in [-0.25, -0.2) is 0 Å². The van der Waals surface area contributed by atoms with Crippen LogP contribution < -0.4 is 0 Å². The van der Waals surface area contributed by atoms with Crippen molar-refractivity contribution in [1.82, 2.24) is 14.5 Å². The minimum atomic E-state index is -0.0833. The van der Waals surface area contributed by atoms with Crippen molar-refractivity contribution >= 4 is 28.4 Å². The molecule has 42 heavy (non-hydrogen) atoms. The Hall–Kier alpha value is -2.98. The molecular formula is C37H35IrN3S-2. The third-order valence-corrected chi connectivity index (χ3v) is 9.98. The van der Waals surface area contributed by atoms with Crippen molar-refractivity contribution < 1.29 is 20.1 Å². The Bertz CT molecular complexity index is 1780. The minimum absolute atomic E-state index is 0. The van der Waals surface area contributed by atoms with Crippen molar-refractivity contribution in [3.05, 3.63) is 108 Å². The minimum Gasteiger partial charge on any atom is -0.355 e. The molecule has 4 heterocycles. The molecule has 2 aromatic heterocycles. The Kier molecular flexibility index (Phi) is 7.80. The quantitative estimate of drug-likeness (QED) is 0.169. The van der Waals surface area contributed by atoms with E-state index in [-0.39, 0.29) is 30.4 Å². The number of hydrogen-bond donors (Lipinski definition) is 0. The first-order valence-corrected chi connectivity index (χ1v) is 15.5. The molecule has 0 bridgehead atoms. The van der Waals surface area contributed by atoms with Crippen molar-refractivity contribution in [2.45, 2.75) is 68.6 Å². The van der Waals surface area contributed by atoms with E-state index in [9.17, 15) is 0 Å². The molecule has 1 radical (unpaired) electrons. The third kappa shape index (κ3) is 5.00. The number of hydrogen-bond acceptors (Lipinski definition) is 3. The molecule has 1 aliphatic carbocycles. The van der Waals surface area contributed by atoms with Gasteiger partial charge in [-0.3, -0.25) is 4.98 Å². The maximum atomic E-state index is 5.01. The van der Waals surface area contributed by atoms with E-state index < -0.39 is 0 Å². The number of aromatic nitrogens is 3. The van der Waals surface area contributed by atoms with Crippen LogP contribution in [0.5, 0.6) is 0 Å². The Morgan fingerprint density at radius 1 is 0.881 bits per heavy atom. The van der Waals surface area contributed by atoms with Crippen LogP contribution in [-0.2, 0) is 30.4 Å². The molecule has 5 aromatic rings. The van der Waals surface area contributed by atoms with E-state index in [2.05, 4.69) is 97.9 Å². The summed E-state index contributed by atoms with van der Waals surface area (Å²) in [4.78, 5) is 10.8. The van der Waals surface area contributed by atoms with Crippen LogP contribution in [0.2, 0.25) is 0 Å². The molecular weight excluding hydrogens is 711 g/mol. The first-order chi connectivity index (χ1) is 19.8. The fourth-order valence-electron chi connectivity index (χ4n) is 6.84. The second kappa shape index (κ2) is 11.3. The number of allylic oxidation sites excluding steroid dienone is 2. The molecule has 1 saturated carbocycles. The molecule has 0 atom stereocenters. The average molecular weight is 746 g/mol. The fraction of sp³-hybridized carbons (Fsp3) is 0.297. The fourth-order valence-corrected chi connectivity index (χ4v) is 8.07. The molecule has 215 valence electrons. The van der Waals surface area contributed by atoms with Crippen LogP contribution in [0.1, 0.15) is 64.5 Å². The summed E-state index contributed by atoms with van der Waals surface area (Å²) in [7, 11) is 0. The normalized spacial score (nSPS) is 17.8. The molecule has 2 aliphatic heterocycles. The predicted molar refractivity (Wildman–Crippen MR) is 171 cm³/mol. The number of imidazole rings is 1. The first kappa shape index (κ1) is 29.1. The Morgan fingerprint density at radius 2 is 1.69 bits per heavy atom. The molecule has 3 aliphatic rings. The Morgan fingerprint density at radius 3 is 2.48 bits per heavy atom. The molecule has 3 nitrogen and oxygen atoms in total. The summed E-state index contributed by atoms with van der Waals surface area (Å²) in [6.07, 6.45) is 9.73. The van der Waals surface area contributed by atoms with Gasteiger partial charge < -0.3 is 9.55 Å². The molecule has 0 N–H and O–H groups in total. The Labute approximate surface area is 267 Å². The van der Waals surface area contributed by atoms with Crippen molar-refractivity contribution in [3.63, 3.8) is 0 Å². The standard InChI is InChI=1S/C23H23N2.C14H12NS.Ir/c1-23(2)15-19(16-9-6-7-10-16)18-13-8-14-20-21(18)25(23)22(24-20)17-11-4-3-5-12-17;1-14(2)11-7-5-9-15-13(11)10-6-3-4-8-12(10)16-14;/h3-5,8,11,13-16H,6-7,9-10H2,1-2H3;3-5,7-9H,1-2H3;/q2*-1;. The zero-order valence-electron chi connectivity index (χ0n) is 24.6. The SMILES string of the molecule is CC1(C)C=C(C2CCCC2)c2cccc3nc(-c4[c-]cccc4)n1c23.CC1(C)Sc2ccc[c-]c2-c2ncccc21.[Ir]. The van der Waals surface area contributed by atoms with Crippen LogP contribution in [0.4, 0.5) is 0 Å². The molecule has 8 rings (SSSR count). The molecule has 3 aromatic carbocycles. The summed E-state index contributed by atoms with van der Waals surface area (Å²) in [6, 6.07) is 31.7. The van der Waals surface area contributed by atoms with E-state index in [1.807, 2.05) is 48.3 Å². The topological polar surface area (TPSA) is 30.7 Å². The van der Waals surface area contributed by atoms with Crippen LogP contribution in [-0.4, -0.2) is 14.5 Å². The summed E-state index contributed by atoms with van der Waals surface area (Å²) in [5.74, 6) is 1.73. The van der Waals surface area contributed by atoms with Crippen LogP contribution in [0.25, 0.3) is 39.3 Å². The second-order valence-corrected chi connectivity index (χ2v) is 14.0. The van der Waals surface area contributed by atoms with Crippen LogP contribution in [0.3, 0.4) is 0 Å². The van der Waals surface area contributed by atoms with Crippen molar-refractivity contribution in [2.75, 3.05) is 0 Å². The van der Waals surface area contributed by atoms with Crippen LogP contribution >= 0.6 is 11.8 Å². The summed E-state index contributed by atoms with van der Waals surface area (Å²) >= 11 is 1.89. The predicted octanol–water partition coefficient (Wildman–Crippen LogP) is 9.71. The van der Waals surface area contributed by atoms with Gasteiger partial charge in [0.25, 0.3) is 0 Å². The van der Waals surface area contributed by atoms with Gasteiger partial charge >= 0.3 is 0 Å². The van der Waals surface area contributed by atoms with Crippen molar-refractivity contribution in [2.24, 2.45) is 5.92 Å². The molecule has 0 spiro atoms. The van der Waals surface area contributed by atoms with E-state index in [0.717, 1.165) is 28.2 Å². The number of para-hydroxylation sites is 1. The van der Waals surface area contributed by atoms with Crippen LogP contribution in [0, 0.1) is 18.1 Å². The first-order valence-electron chi connectivity index (χ1n) is 14.7. The zero-order chi connectivity index (χ0) is 28.2. The monoisotopic (exact) mass is 746 g/mol. The van der Waals surface area contributed by atoms with E-state index in [1.165, 1.54) is 47.2 Å². The van der Waals surface area contributed by atoms with Gasteiger partial charge in [-0.15, -0.1) is 65.7 Å². The van der Waals surface area contributed by atoms with E-state index in [0.29, 0.717) is 5.92 Å². The molecule has 5 heteroatoms. The van der Waals surface area contributed by atoms with E-state index >= 15 is 0 Å². The number of nitrogens with zero attached hydrogens (tertiary/aromatic N) is 3. The molecule has 1 fully saturated rings. The number of rotatable bonds is 2. The summed E-state index contributed by atoms with van der Waals surface area (Å²) in [6.45, 7) is 9.11. The number of pyridine rings is 1. The van der Waals surface area contributed by atoms with Gasteiger partial charge in [0.15, 0.2) is 0 Å². The molecule has 0 saturated heterocycles. The zero-order valence-corrected chi connectivity index (χ0v) is 27.8. The van der Waals surface area contributed by atoms with Gasteiger partial charge in [-0.2, -0.15) is 11.8 Å². The summed E-state index contributed by atoms with van der Waals surface area (Å²) in [5, 5.41) is 0. The van der Waals surface area contributed by atoms with E-state index in [4.69, 9.17) is 4.98 Å². The molecule has 0 unspecified atom stereocenters. The number of benzene rings is 3. The third-order valence-electron chi connectivity index (χ3n) is 8.69. The summed E-state index contributed by atoms with van der Waals surface area (Å²) in [5.41, 5.74) is 9.84. The number of fused-ring (bicyclic) bond motifs is 3. The van der Waals surface area contributed by atoms with Crippen LogP contribution in [0.15, 0.2) is 90.0 Å². The van der Waals surface area contributed by atoms with Gasteiger partial charge in [0, 0.05) is 36.6 Å². The largest absolute Gasteiger partial charge is 0.355 e. The van der Waals surface area contributed by atoms with E-state index in [1.54, 1.807) is 5.57 Å². The maximum absolute atomic E-state index is 5.01. The smallest absolute Gasteiger partial charge is 0.0777 e. The summed E-state index contributed by atoms with van der Waals surface area (Å²) < 4.78 is 2.51. The van der Waals surface area contributed by atoms with Gasteiger partial charge in [-0.05, 0) is 75.4 Å². The van der Waals surface area contributed by atoms with Crippen molar-refractivity contribution in [3.8, 4) is 22.6 Å². The second-order valence-electron chi connectivity index (χ2n) is 12.4. The van der Waals surface area contributed by atoms with Crippen molar-refractivity contribution in [1.29, 1.82) is 0 Å².